The molecule has 0 aliphatic carbocycles. The van der Waals surface area contributed by atoms with E-state index in [0.717, 1.165) is 16.9 Å². The molecule has 0 fully saturated rings. The maximum absolute atomic E-state index is 12.9. The standard InChI is InChI=1S/C20H17N5O3S2/c1-11-5-3-4-6-13(11)23-17(27)16-12(2)15-18(30-16)22-10-25(19(15)28)9-14(26)24-20-21-7-8-29-20/h3-8,10H,9H2,1-2H3,(H,23,27)(H,21,24,26). The highest BCUT2D eigenvalue weighted by Gasteiger charge is 2.20. The molecule has 0 radical (unpaired) electrons. The van der Waals surface area contributed by atoms with Gasteiger partial charge in [-0.05, 0) is 31.0 Å². The van der Waals surface area contributed by atoms with Gasteiger partial charge in [-0.3, -0.25) is 19.0 Å². The number of fused-ring (bicyclic) bond motifs is 1. The van der Waals surface area contributed by atoms with E-state index in [1.807, 2.05) is 31.2 Å². The Balaban J connectivity index is 1.61. The van der Waals surface area contributed by atoms with Gasteiger partial charge in [-0.15, -0.1) is 22.7 Å². The van der Waals surface area contributed by atoms with Crippen LogP contribution in [0.3, 0.4) is 0 Å². The van der Waals surface area contributed by atoms with E-state index in [2.05, 4.69) is 20.6 Å². The summed E-state index contributed by atoms with van der Waals surface area (Å²) >= 11 is 2.45. The number of rotatable bonds is 5. The lowest BCUT2D eigenvalue weighted by atomic mass is 10.2. The van der Waals surface area contributed by atoms with Gasteiger partial charge in [0.25, 0.3) is 11.5 Å². The minimum absolute atomic E-state index is 0.193. The fourth-order valence-corrected chi connectivity index (χ4v) is 4.56. The summed E-state index contributed by atoms with van der Waals surface area (Å²) in [5.74, 6) is -0.670. The van der Waals surface area contributed by atoms with Crippen LogP contribution in [0.4, 0.5) is 10.8 Å². The normalized spacial score (nSPS) is 10.9. The number of thiophene rings is 1. The molecule has 152 valence electrons. The van der Waals surface area contributed by atoms with Gasteiger partial charge in [-0.2, -0.15) is 0 Å². The number of amides is 2. The van der Waals surface area contributed by atoms with E-state index in [1.165, 1.54) is 22.2 Å². The lowest BCUT2D eigenvalue weighted by Gasteiger charge is -2.07. The van der Waals surface area contributed by atoms with E-state index in [-0.39, 0.29) is 23.9 Å². The van der Waals surface area contributed by atoms with E-state index >= 15 is 0 Å². The van der Waals surface area contributed by atoms with Gasteiger partial charge in [-0.25, -0.2) is 9.97 Å². The van der Waals surface area contributed by atoms with Crippen LogP contribution < -0.4 is 16.2 Å². The zero-order chi connectivity index (χ0) is 21.3. The van der Waals surface area contributed by atoms with Crippen molar-refractivity contribution >= 4 is 55.5 Å². The predicted octanol–water partition coefficient (Wildman–Crippen LogP) is 3.42. The topological polar surface area (TPSA) is 106 Å². The van der Waals surface area contributed by atoms with Crippen molar-refractivity contribution in [3.05, 3.63) is 68.5 Å². The Morgan fingerprint density at radius 1 is 1.13 bits per heavy atom. The van der Waals surface area contributed by atoms with Gasteiger partial charge in [-0.1, -0.05) is 18.2 Å². The SMILES string of the molecule is Cc1ccccc1NC(=O)c1sc2ncn(CC(=O)Nc3nccs3)c(=O)c2c1C. The van der Waals surface area contributed by atoms with E-state index in [1.54, 1.807) is 18.5 Å². The highest BCUT2D eigenvalue weighted by Crippen LogP contribution is 2.28. The monoisotopic (exact) mass is 439 g/mol. The van der Waals surface area contributed by atoms with Crippen LogP contribution in [0.15, 0.2) is 47.0 Å². The lowest BCUT2D eigenvalue weighted by molar-refractivity contribution is -0.116. The molecule has 2 N–H and O–H groups in total. The Morgan fingerprint density at radius 2 is 1.93 bits per heavy atom. The van der Waals surface area contributed by atoms with Crippen molar-refractivity contribution in [3.63, 3.8) is 0 Å². The van der Waals surface area contributed by atoms with Crippen molar-refractivity contribution in [2.24, 2.45) is 0 Å². The molecule has 3 heterocycles. The number of para-hydroxylation sites is 1. The van der Waals surface area contributed by atoms with Crippen LogP contribution in [-0.2, 0) is 11.3 Å². The zero-order valence-corrected chi connectivity index (χ0v) is 17.8. The zero-order valence-electron chi connectivity index (χ0n) is 16.1. The second-order valence-electron chi connectivity index (χ2n) is 6.57. The summed E-state index contributed by atoms with van der Waals surface area (Å²) in [6.07, 6.45) is 2.91. The minimum Gasteiger partial charge on any atom is -0.321 e. The van der Waals surface area contributed by atoms with E-state index in [4.69, 9.17) is 0 Å². The summed E-state index contributed by atoms with van der Waals surface area (Å²) in [5.41, 5.74) is 1.84. The lowest BCUT2D eigenvalue weighted by Crippen LogP contribution is -2.27. The number of aromatic nitrogens is 3. The van der Waals surface area contributed by atoms with Gasteiger partial charge in [0.15, 0.2) is 5.13 Å². The van der Waals surface area contributed by atoms with Crippen molar-refractivity contribution in [1.29, 1.82) is 0 Å². The first-order valence-corrected chi connectivity index (χ1v) is 10.7. The molecule has 10 heteroatoms. The predicted molar refractivity (Wildman–Crippen MR) is 118 cm³/mol. The number of aryl methyl sites for hydroxylation is 2. The third kappa shape index (κ3) is 3.87. The maximum Gasteiger partial charge on any atom is 0.266 e. The molecule has 4 rings (SSSR count). The first-order valence-electron chi connectivity index (χ1n) is 8.99. The van der Waals surface area contributed by atoms with Crippen molar-refractivity contribution in [2.45, 2.75) is 20.4 Å². The Morgan fingerprint density at radius 3 is 2.67 bits per heavy atom. The molecule has 0 atom stereocenters. The maximum atomic E-state index is 12.9. The number of carbonyl (C=O) groups excluding carboxylic acids is 2. The van der Waals surface area contributed by atoms with Crippen LogP contribution in [-0.4, -0.2) is 26.3 Å². The van der Waals surface area contributed by atoms with Crippen LogP contribution in [0.1, 0.15) is 20.8 Å². The van der Waals surface area contributed by atoms with Crippen molar-refractivity contribution in [2.75, 3.05) is 10.6 Å². The Hall–Kier alpha value is -3.37. The highest BCUT2D eigenvalue weighted by molar-refractivity contribution is 7.20. The number of nitrogens with zero attached hydrogens (tertiary/aromatic N) is 3. The van der Waals surface area contributed by atoms with Crippen molar-refractivity contribution in [1.82, 2.24) is 14.5 Å². The number of nitrogens with one attached hydrogen (secondary N) is 2. The Labute approximate surface area is 179 Å². The molecule has 30 heavy (non-hydrogen) atoms. The van der Waals surface area contributed by atoms with E-state index < -0.39 is 0 Å². The molecule has 0 saturated heterocycles. The van der Waals surface area contributed by atoms with Crippen molar-refractivity contribution < 1.29 is 9.59 Å². The Bertz CT molecular complexity index is 1310. The summed E-state index contributed by atoms with van der Waals surface area (Å²) < 4.78 is 1.23. The molecule has 1 aromatic carbocycles. The van der Waals surface area contributed by atoms with Crippen LogP contribution in [0.2, 0.25) is 0 Å². The second-order valence-corrected chi connectivity index (χ2v) is 8.46. The fourth-order valence-electron chi connectivity index (χ4n) is 2.98. The van der Waals surface area contributed by atoms with Gasteiger partial charge in [0.05, 0.1) is 16.6 Å². The summed E-state index contributed by atoms with van der Waals surface area (Å²) in [7, 11) is 0. The quantitative estimate of drug-likeness (QED) is 0.496. The molecular weight excluding hydrogens is 422 g/mol. The third-order valence-electron chi connectivity index (χ3n) is 4.51. The number of hydrogen-bond donors (Lipinski definition) is 2. The molecule has 0 bridgehead atoms. The number of thiazole rings is 1. The molecule has 8 nitrogen and oxygen atoms in total. The first kappa shape index (κ1) is 19.9. The van der Waals surface area contributed by atoms with Gasteiger partial charge in [0.2, 0.25) is 5.91 Å². The van der Waals surface area contributed by atoms with Gasteiger partial charge in [0.1, 0.15) is 11.4 Å². The summed E-state index contributed by atoms with van der Waals surface area (Å²) in [4.78, 5) is 47.1. The smallest absolute Gasteiger partial charge is 0.266 e. The van der Waals surface area contributed by atoms with E-state index in [0.29, 0.717) is 31.5 Å². The van der Waals surface area contributed by atoms with E-state index in [9.17, 15) is 14.4 Å². The van der Waals surface area contributed by atoms with Gasteiger partial charge >= 0.3 is 0 Å². The second kappa shape index (κ2) is 8.17. The molecule has 2 amide bonds. The number of carbonyl (C=O) groups is 2. The average Bonchev–Trinajstić information content (AvgIpc) is 3.34. The average molecular weight is 440 g/mol. The van der Waals surface area contributed by atoms with Gasteiger partial charge < -0.3 is 10.6 Å². The number of anilines is 2. The Kier molecular flexibility index (Phi) is 5.42. The number of benzene rings is 1. The molecule has 3 aromatic heterocycles. The third-order valence-corrected chi connectivity index (χ3v) is 6.40. The molecule has 0 saturated carbocycles. The van der Waals surface area contributed by atoms with Gasteiger partial charge in [0, 0.05) is 17.3 Å². The summed E-state index contributed by atoms with van der Waals surface area (Å²) in [5, 5.41) is 8.07. The fraction of sp³-hybridized carbons (Fsp3) is 0.150. The summed E-state index contributed by atoms with van der Waals surface area (Å²) in [6.45, 7) is 3.43. The van der Waals surface area contributed by atoms with Crippen LogP contribution >= 0.6 is 22.7 Å². The highest BCUT2D eigenvalue weighted by atomic mass is 32.1. The first-order chi connectivity index (χ1) is 14.4. The molecule has 0 spiro atoms. The largest absolute Gasteiger partial charge is 0.321 e. The molecular formula is C20H17N5O3S2. The van der Waals surface area contributed by atoms with Crippen LogP contribution in [0.5, 0.6) is 0 Å². The van der Waals surface area contributed by atoms with Crippen molar-refractivity contribution in [3.8, 4) is 0 Å². The number of hydrogen-bond acceptors (Lipinski definition) is 7. The summed E-state index contributed by atoms with van der Waals surface area (Å²) in [6, 6.07) is 7.47. The molecule has 0 unspecified atom stereocenters. The molecule has 0 aliphatic rings. The van der Waals surface area contributed by atoms with Crippen LogP contribution in [0.25, 0.3) is 10.2 Å². The minimum atomic E-state index is -0.376. The van der Waals surface area contributed by atoms with Crippen LogP contribution in [0, 0.1) is 13.8 Å². The molecule has 4 aromatic rings. The molecule has 0 aliphatic heterocycles.